The molecule has 0 heterocycles. The molecule has 0 aliphatic heterocycles. The van der Waals surface area contributed by atoms with Gasteiger partial charge in [0.1, 0.15) is 12.1 Å². The Bertz CT molecular complexity index is 1050. The number of carboxylic acids is 1. The third-order valence-electron chi connectivity index (χ3n) is 6.87. The molecule has 1 fully saturated rings. The quantitative estimate of drug-likeness (QED) is 0.452. The van der Waals surface area contributed by atoms with Gasteiger partial charge in [-0.15, -0.1) is 0 Å². The number of carbonyl (C=O) groups excluding carboxylic acids is 2. The number of fused-ring (bicyclic) bond motifs is 3. The summed E-state index contributed by atoms with van der Waals surface area (Å²) in [5, 5.41) is 14.9. The first-order valence-corrected chi connectivity index (χ1v) is 12.1. The van der Waals surface area contributed by atoms with Crippen LogP contribution in [-0.2, 0) is 19.1 Å². The molecule has 186 valence electrons. The van der Waals surface area contributed by atoms with Crippen LogP contribution in [0.5, 0.6) is 0 Å². The first kappa shape index (κ1) is 24.7. The lowest BCUT2D eigenvalue weighted by Gasteiger charge is -2.27. The molecule has 2 amide bonds. The van der Waals surface area contributed by atoms with Crippen molar-refractivity contribution >= 4 is 18.0 Å². The molecule has 8 nitrogen and oxygen atoms in total. The highest BCUT2D eigenvalue weighted by Crippen LogP contribution is 2.44. The van der Waals surface area contributed by atoms with Crippen molar-refractivity contribution in [1.82, 2.24) is 10.6 Å². The Labute approximate surface area is 205 Å². The van der Waals surface area contributed by atoms with Crippen molar-refractivity contribution in [3.05, 3.63) is 59.7 Å². The molecule has 0 spiro atoms. The van der Waals surface area contributed by atoms with Gasteiger partial charge in [-0.05, 0) is 54.9 Å². The van der Waals surface area contributed by atoms with Crippen LogP contribution < -0.4 is 10.6 Å². The highest BCUT2D eigenvalue weighted by Gasteiger charge is 2.48. The van der Waals surface area contributed by atoms with Crippen molar-refractivity contribution in [1.29, 1.82) is 0 Å². The number of hydrogen-bond donors (Lipinski definition) is 3. The SMILES string of the molecule is CCOC(CNC(=O)OCC1c2ccccc2-c2ccccc21)CC(=O)NC(C)(C(=O)O)C1CC1. The van der Waals surface area contributed by atoms with E-state index in [1.165, 1.54) is 6.92 Å². The maximum Gasteiger partial charge on any atom is 0.407 e. The van der Waals surface area contributed by atoms with E-state index in [2.05, 4.69) is 34.9 Å². The minimum absolute atomic E-state index is 0.0438. The predicted octanol–water partition coefficient (Wildman–Crippen LogP) is 3.69. The van der Waals surface area contributed by atoms with Crippen LogP contribution in [0.4, 0.5) is 4.79 Å². The number of amides is 2. The third kappa shape index (κ3) is 5.48. The maximum absolute atomic E-state index is 12.6. The predicted molar refractivity (Wildman–Crippen MR) is 130 cm³/mol. The van der Waals surface area contributed by atoms with Gasteiger partial charge in [0.15, 0.2) is 0 Å². The molecule has 3 N–H and O–H groups in total. The van der Waals surface area contributed by atoms with Crippen molar-refractivity contribution in [2.45, 2.75) is 50.7 Å². The van der Waals surface area contributed by atoms with Gasteiger partial charge in [-0.2, -0.15) is 0 Å². The first-order valence-electron chi connectivity index (χ1n) is 12.1. The Hall–Kier alpha value is -3.39. The molecule has 4 rings (SSSR count). The lowest BCUT2D eigenvalue weighted by Crippen LogP contribution is -2.54. The standard InChI is InChI=1S/C27H32N2O6/c1-3-34-18(14-24(30)29-27(2,25(31)32)17-12-13-17)15-28-26(33)35-16-23-21-10-6-4-8-19(21)20-9-5-7-11-22(20)23/h4-11,17-18,23H,3,12-16H2,1-2H3,(H,28,33)(H,29,30)(H,31,32). The number of nitrogens with one attached hydrogen (secondary N) is 2. The normalized spacial score (nSPS) is 17.0. The molecule has 0 aromatic heterocycles. The van der Waals surface area contributed by atoms with E-state index in [-0.39, 0.29) is 31.4 Å². The molecule has 2 unspecified atom stereocenters. The molecule has 2 aromatic rings. The highest BCUT2D eigenvalue weighted by atomic mass is 16.5. The van der Waals surface area contributed by atoms with Crippen LogP contribution >= 0.6 is 0 Å². The van der Waals surface area contributed by atoms with Crippen LogP contribution in [0.2, 0.25) is 0 Å². The summed E-state index contributed by atoms with van der Waals surface area (Å²) in [6, 6.07) is 16.2. The first-order chi connectivity index (χ1) is 16.8. The largest absolute Gasteiger partial charge is 0.480 e. The molecule has 0 radical (unpaired) electrons. The van der Waals surface area contributed by atoms with Gasteiger partial charge in [-0.25, -0.2) is 9.59 Å². The minimum Gasteiger partial charge on any atom is -0.480 e. The van der Waals surface area contributed by atoms with E-state index in [4.69, 9.17) is 9.47 Å². The van der Waals surface area contributed by atoms with Gasteiger partial charge >= 0.3 is 12.1 Å². The number of alkyl carbamates (subject to hydrolysis) is 1. The van der Waals surface area contributed by atoms with Crippen molar-refractivity contribution in [2.24, 2.45) is 5.92 Å². The van der Waals surface area contributed by atoms with Crippen molar-refractivity contribution in [3.8, 4) is 11.1 Å². The number of carboxylic acid groups (broad SMARTS) is 1. The number of hydrogen-bond acceptors (Lipinski definition) is 5. The van der Waals surface area contributed by atoms with Gasteiger partial charge in [0.25, 0.3) is 0 Å². The van der Waals surface area contributed by atoms with E-state index >= 15 is 0 Å². The molecule has 0 bridgehead atoms. The molecule has 2 atom stereocenters. The molecule has 35 heavy (non-hydrogen) atoms. The highest BCUT2D eigenvalue weighted by molar-refractivity contribution is 5.87. The second-order valence-electron chi connectivity index (χ2n) is 9.32. The van der Waals surface area contributed by atoms with Crippen LogP contribution in [0.15, 0.2) is 48.5 Å². The fraction of sp³-hybridized carbons (Fsp3) is 0.444. The van der Waals surface area contributed by atoms with Gasteiger partial charge in [0, 0.05) is 19.1 Å². The zero-order valence-corrected chi connectivity index (χ0v) is 20.1. The molecular weight excluding hydrogens is 448 g/mol. The number of aliphatic carboxylic acids is 1. The van der Waals surface area contributed by atoms with E-state index in [1.54, 1.807) is 6.92 Å². The Balaban J connectivity index is 1.30. The van der Waals surface area contributed by atoms with Crippen LogP contribution in [0.25, 0.3) is 11.1 Å². The van der Waals surface area contributed by atoms with E-state index in [0.29, 0.717) is 6.61 Å². The molecule has 1 saturated carbocycles. The number of carbonyl (C=O) groups is 3. The monoisotopic (exact) mass is 480 g/mol. The number of ether oxygens (including phenoxy) is 2. The van der Waals surface area contributed by atoms with Gasteiger partial charge < -0.3 is 25.2 Å². The smallest absolute Gasteiger partial charge is 0.407 e. The summed E-state index contributed by atoms with van der Waals surface area (Å²) in [6.07, 6.45) is 0.304. The fourth-order valence-corrected chi connectivity index (χ4v) is 4.81. The number of rotatable bonds is 11. The average Bonchev–Trinajstić information content (AvgIpc) is 3.65. The Morgan fingerprint density at radius 3 is 2.20 bits per heavy atom. The van der Waals surface area contributed by atoms with Crippen LogP contribution in [0.3, 0.4) is 0 Å². The molecule has 2 aliphatic rings. The second kappa shape index (κ2) is 10.5. The van der Waals surface area contributed by atoms with E-state index in [0.717, 1.165) is 35.1 Å². The van der Waals surface area contributed by atoms with Crippen molar-refractivity contribution < 1.29 is 29.0 Å². The van der Waals surface area contributed by atoms with Gasteiger partial charge in [-0.1, -0.05) is 48.5 Å². The fourth-order valence-electron chi connectivity index (χ4n) is 4.81. The minimum atomic E-state index is -1.28. The summed E-state index contributed by atoms with van der Waals surface area (Å²) < 4.78 is 11.1. The summed E-state index contributed by atoms with van der Waals surface area (Å²) >= 11 is 0. The topological polar surface area (TPSA) is 114 Å². The van der Waals surface area contributed by atoms with E-state index in [1.807, 2.05) is 24.3 Å². The lowest BCUT2D eigenvalue weighted by molar-refractivity contribution is -0.148. The Morgan fingerprint density at radius 2 is 1.66 bits per heavy atom. The van der Waals surface area contributed by atoms with Gasteiger partial charge in [0.2, 0.25) is 5.91 Å². The zero-order valence-electron chi connectivity index (χ0n) is 20.1. The molecular formula is C27H32N2O6. The summed E-state index contributed by atoms with van der Waals surface area (Å²) in [6.45, 7) is 3.95. The van der Waals surface area contributed by atoms with E-state index < -0.39 is 29.6 Å². The summed E-state index contributed by atoms with van der Waals surface area (Å²) in [7, 11) is 0. The second-order valence-corrected chi connectivity index (χ2v) is 9.32. The summed E-state index contributed by atoms with van der Waals surface area (Å²) in [5.74, 6) is -1.57. The third-order valence-corrected chi connectivity index (χ3v) is 6.87. The van der Waals surface area contributed by atoms with Crippen molar-refractivity contribution in [2.75, 3.05) is 19.8 Å². The molecule has 0 saturated heterocycles. The Morgan fingerprint density at radius 1 is 1.06 bits per heavy atom. The number of benzene rings is 2. The van der Waals surface area contributed by atoms with Gasteiger partial charge in [0.05, 0.1) is 12.5 Å². The van der Waals surface area contributed by atoms with Crippen LogP contribution in [0.1, 0.15) is 50.2 Å². The maximum atomic E-state index is 12.6. The molecule has 2 aliphatic carbocycles. The zero-order chi connectivity index (χ0) is 25.0. The van der Waals surface area contributed by atoms with Crippen LogP contribution in [-0.4, -0.2) is 54.5 Å². The van der Waals surface area contributed by atoms with Crippen molar-refractivity contribution in [3.63, 3.8) is 0 Å². The molecule has 8 heteroatoms. The Kier molecular flexibility index (Phi) is 7.40. The summed E-state index contributed by atoms with van der Waals surface area (Å²) in [4.78, 5) is 36.7. The summed E-state index contributed by atoms with van der Waals surface area (Å²) in [5.41, 5.74) is 3.27. The van der Waals surface area contributed by atoms with Crippen LogP contribution in [0, 0.1) is 5.92 Å². The van der Waals surface area contributed by atoms with E-state index in [9.17, 15) is 19.5 Å². The molecule has 2 aromatic carbocycles. The lowest BCUT2D eigenvalue weighted by atomic mass is 9.95. The average molecular weight is 481 g/mol. The van der Waals surface area contributed by atoms with Gasteiger partial charge in [-0.3, -0.25) is 4.79 Å².